The molecule has 1 aromatic heterocycles. The third kappa shape index (κ3) is 4.95. The van der Waals surface area contributed by atoms with Gasteiger partial charge in [0.2, 0.25) is 5.88 Å². The second-order valence-electron chi connectivity index (χ2n) is 5.37. The van der Waals surface area contributed by atoms with Crippen LogP contribution in [0.15, 0.2) is 53.4 Å². The average molecular weight is 428 g/mol. The van der Waals surface area contributed by atoms with E-state index in [1.807, 2.05) is 0 Å². The maximum absolute atomic E-state index is 12.5. The van der Waals surface area contributed by atoms with Crippen LogP contribution in [0.4, 0.5) is 0 Å². The van der Waals surface area contributed by atoms with Gasteiger partial charge in [0, 0.05) is 21.0 Å². The Kier molecular flexibility index (Phi) is 6.14. The summed E-state index contributed by atoms with van der Waals surface area (Å²) in [4.78, 5) is 9.25. The van der Waals surface area contributed by atoms with Gasteiger partial charge in [0.1, 0.15) is 11.6 Å². The first-order chi connectivity index (χ1) is 12.4. The maximum Gasteiger partial charge on any atom is 0.222 e. The highest BCUT2D eigenvalue weighted by Gasteiger charge is 2.11. The second kappa shape index (κ2) is 8.35. The Bertz CT molecular complexity index is 965. The minimum Gasteiger partial charge on any atom is -0.437 e. The summed E-state index contributed by atoms with van der Waals surface area (Å²) >= 11 is 17.9. The third-order valence-electron chi connectivity index (χ3n) is 3.33. The number of nitrogens with zero attached hydrogens (tertiary/aromatic N) is 2. The fraction of sp³-hybridized carbons (Fsp3) is 0.111. The van der Waals surface area contributed by atoms with Crippen LogP contribution in [-0.4, -0.2) is 14.2 Å². The number of hydrogen-bond donors (Lipinski definition) is 0. The van der Waals surface area contributed by atoms with Crippen LogP contribution in [0.2, 0.25) is 15.1 Å². The predicted octanol–water partition coefficient (Wildman–Crippen LogP) is 5.85. The first kappa shape index (κ1) is 19.1. The van der Waals surface area contributed by atoms with Gasteiger partial charge in [-0.15, -0.1) is 0 Å². The summed E-state index contributed by atoms with van der Waals surface area (Å²) in [5, 5.41) is 1.49. The van der Waals surface area contributed by atoms with Crippen molar-refractivity contribution < 1.29 is 8.95 Å². The molecule has 1 atom stereocenters. The van der Waals surface area contributed by atoms with Crippen molar-refractivity contribution in [3.05, 3.63) is 75.1 Å². The summed E-state index contributed by atoms with van der Waals surface area (Å²) in [6.45, 7) is 1.74. The molecular formula is C18H13Cl3N2O2S. The highest BCUT2D eigenvalue weighted by molar-refractivity contribution is 7.84. The van der Waals surface area contributed by atoms with Crippen LogP contribution in [-0.2, 0) is 16.6 Å². The van der Waals surface area contributed by atoms with Crippen molar-refractivity contribution in [1.82, 2.24) is 9.97 Å². The first-order valence-electron chi connectivity index (χ1n) is 7.52. The summed E-state index contributed by atoms with van der Waals surface area (Å²) in [5.74, 6) is 1.50. The molecule has 3 rings (SSSR count). The molecule has 0 N–H and O–H groups in total. The van der Waals surface area contributed by atoms with Crippen molar-refractivity contribution in [2.24, 2.45) is 0 Å². The molecule has 26 heavy (non-hydrogen) atoms. The summed E-state index contributed by atoms with van der Waals surface area (Å²) in [6.07, 6.45) is 0. The normalized spacial score (nSPS) is 12.0. The summed E-state index contributed by atoms with van der Waals surface area (Å²) in [5.41, 5.74) is 0.603. The van der Waals surface area contributed by atoms with E-state index in [4.69, 9.17) is 39.5 Å². The zero-order valence-electron chi connectivity index (χ0n) is 13.6. The van der Waals surface area contributed by atoms with Crippen molar-refractivity contribution in [3.63, 3.8) is 0 Å². The maximum atomic E-state index is 12.5. The topological polar surface area (TPSA) is 52.1 Å². The van der Waals surface area contributed by atoms with Crippen molar-refractivity contribution in [1.29, 1.82) is 0 Å². The lowest BCUT2D eigenvalue weighted by Gasteiger charge is -2.09. The standard InChI is InChI=1S/C18H13Cl3N2O2S/c1-11-22-14(10-26(24)15-5-2-12(19)3-6-15)9-18(23-11)25-17-7-4-13(20)8-16(17)21/h2-9H,10H2,1H3. The first-order valence-corrected chi connectivity index (χ1v) is 9.97. The quantitative estimate of drug-likeness (QED) is 0.513. The van der Waals surface area contributed by atoms with Crippen LogP contribution < -0.4 is 4.74 Å². The molecule has 0 aliphatic carbocycles. The smallest absolute Gasteiger partial charge is 0.222 e. The molecule has 8 heteroatoms. The van der Waals surface area contributed by atoms with Gasteiger partial charge < -0.3 is 4.74 Å². The number of aromatic nitrogens is 2. The van der Waals surface area contributed by atoms with Crippen LogP contribution in [0, 0.1) is 6.92 Å². The number of rotatable bonds is 5. The van der Waals surface area contributed by atoms with Crippen LogP contribution in [0.5, 0.6) is 11.6 Å². The molecule has 0 spiro atoms. The highest BCUT2D eigenvalue weighted by atomic mass is 35.5. The van der Waals surface area contributed by atoms with Gasteiger partial charge in [-0.2, -0.15) is 4.98 Å². The van der Waals surface area contributed by atoms with E-state index >= 15 is 0 Å². The number of hydrogen-bond acceptors (Lipinski definition) is 4. The van der Waals surface area contributed by atoms with Crippen molar-refractivity contribution >= 4 is 45.6 Å². The Morgan fingerprint density at radius 2 is 1.65 bits per heavy atom. The Morgan fingerprint density at radius 3 is 2.35 bits per heavy atom. The summed E-state index contributed by atoms with van der Waals surface area (Å²) < 4.78 is 18.3. The van der Waals surface area contributed by atoms with E-state index in [1.165, 1.54) is 0 Å². The van der Waals surface area contributed by atoms with E-state index < -0.39 is 10.8 Å². The Labute approximate surface area is 168 Å². The van der Waals surface area contributed by atoms with Crippen LogP contribution in [0.1, 0.15) is 11.5 Å². The fourth-order valence-corrected chi connectivity index (χ4v) is 3.80. The Morgan fingerprint density at radius 1 is 0.962 bits per heavy atom. The minimum absolute atomic E-state index is 0.232. The zero-order valence-corrected chi connectivity index (χ0v) is 16.7. The lowest BCUT2D eigenvalue weighted by molar-refractivity contribution is 0.459. The average Bonchev–Trinajstić information content (AvgIpc) is 2.57. The molecule has 0 saturated carbocycles. The fourth-order valence-electron chi connectivity index (χ4n) is 2.20. The lowest BCUT2D eigenvalue weighted by atomic mass is 10.3. The van der Waals surface area contributed by atoms with Gasteiger partial charge in [-0.05, 0) is 49.4 Å². The second-order valence-corrected chi connectivity index (χ2v) is 8.10. The predicted molar refractivity (Wildman–Crippen MR) is 105 cm³/mol. The number of ether oxygens (including phenoxy) is 1. The molecule has 0 radical (unpaired) electrons. The molecule has 0 saturated heterocycles. The molecule has 4 nitrogen and oxygen atoms in total. The molecule has 0 aliphatic heterocycles. The lowest BCUT2D eigenvalue weighted by Crippen LogP contribution is -2.02. The molecule has 0 fully saturated rings. The van der Waals surface area contributed by atoms with Crippen molar-refractivity contribution in [2.75, 3.05) is 0 Å². The van der Waals surface area contributed by atoms with Gasteiger partial charge in [-0.25, -0.2) is 4.98 Å². The molecule has 3 aromatic rings. The van der Waals surface area contributed by atoms with Crippen molar-refractivity contribution in [3.8, 4) is 11.6 Å². The minimum atomic E-state index is -1.26. The molecule has 1 heterocycles. The van der Waals surface area contributed by atoms with Gasteiger partial charge >= 0.3 is 0 Å². The van der Waals surface area contributed by atoms with E-state index in [0.717, 1.165) is 0 Å². The van der Waals surface area contributed by atoms with Gasteiger partial charge in [0.25, 0.3) is 0 Å². The number of aryl methyl sites for hydroxylation is 1. The molecule has 0 aliphatic rings. The van der Waals surface area contributed by atoms with E-state index in [2.05, 4.69) is 9.97 Å². The molecule has 1 unspecified atom stereocenters. The molecular weight excluding hydrogens is 415 g/mol. The van der Waals surface area contributed by atoms with E-state index in [-0.39, 0.29) is 5.75 Å². The van der Waals surface area contributed by atoms with Crippen LogP contribution in [0.25, 0.3) is 0 Å². The van der Waals surface area contributed by atoms with Gasteiger partial charge in [-0.3, -0.25) is 4.21 Å². The van der Waals surface area contributed by atoms with Gasteiger partial charge in [0.15, 0.2) is 0 Å². The largest absolute Gasteiger partial charge is 0.437 e. The van der Waals surface area contributed by atoms with E-state index in [9.17, 15) is 4.21 Å². The molecule has 134 valence electrons. The number of halogens is 3. The van der Waals surface area contributed by atoms with Crippen LogP contribution in [0.3, 0.4) is 0 Å². The van der Waals surface area contributed by atoms with Crippen molar-refractivity contribution in [2.45, 2.75) is 17.6 Å². The van der Waals surface area contributed by atoms with Gasteiger partial charge in [0.05, 0.1) is 27.3 Å². The summed E-state index contributed by atoms with van der Waals surface area (Å²) in [7, 11) is -1.26. The van der Waals surface area contributed by atoms with Crippen LogP contribution >= 0.6 is 34.8 Å². The SMILES string of the molecule is Cc1nc(CS(=O)c2ccc(Cl)cc2)cc(Oc2ccc(Cl)cc2Cl)n1. The molecule has 2 aromatic carbocycles. The Hall–Kier alpha value is -1.66. The molecule has 0 amide bonds. The number of benzene rings is 2. The van der Waals surface area contributed by atoms with E-state index in [0.29, 0.717) is 43.1 Å². The van der Waals surface area contributed by atoms with E-state index in [1.54, 1.807) is 55.5 Å². The Balaban J connectivity index is 1.81. The van der Waals surface area contributed by atoms with Gasteiger partial charge in [-0.1, -0.05) is 34.8 Å². The third-order valence-corrected chi connectivity index (χ3v) is 5.47. The monoisotopic (exact) mass is 426 g/mol. The highest BCUT2D eigenvalue weighted by Crippen LogP contribution is 2.31. The zero-order chi connectivity index (χ0) is 18.7. The summed E-state index contributed by atoms with van der Waals surface area (Å²) in [6, 6.07) is 13.4. The molecule has 0 bridgehead atoms.